The summed E-state index contributed by atoms with van der Waals surface area (Å²) >= 11 is 0. The molecule has 21 heavy (non-hydrogen) atoms. The number of nitrogens with zero attached hydrogens (tertiary/aromatic N) is 2. The molecule has 7 heteroatoms. The predicted molar refractivity (Wildman–Crippen MR) is 74.2 cm³/mol. The van der Waals surface area contributed by atoms with Crippen LogP contribution in [0.4, 0.5) is 5.69 Å². The average Bonchev–Trinajstić information content (AvgIpc) is 2.49. The minimum Gasteiger partial charge on any atom is -0.465 e. The average molecular weight is 288 g/mol. The van der Waals surface area contributed by atoms with Crippen molar-refractivity contribution < 1.29 is 14.5 Å². The second-order valence-corrected chi connectivity index (χ2v) is 4.26. The molecule has 0 radical (unpaired) electrons. The van der Waals surface area contributed by atoms with Gasteiger partial charge in [0.2, 0.25) is 0 Å². The van der Waals surface area contributed by atoms with Gasteiger partial charge in [-0.2, -0.15) is 0 Å². The van der Waals surface area contributed by atoms with Crippen molar-refractivity contribution in [1.82, 2.24) is 4.57 Å². The third kappa shape index (κ3) is 3.14. The van der Waals surface area contributed by atoms with Gasteiger partial charge in [0.15, 0.2) is 0 Å². The normalized spacial score (nSPS) is 10.1. The number of carbonyl (C=O) groups excluding carboxylic acids is 1. The first-order valence-electron chi connectivity index (χ1n) is 6.04. The summed E-state index contributed by atoms with van der Waals surface area (Å²) in [5.41, 5.74) is 0.288. The van der Waals surface area contributed by atoms with Crippen LogP contribution < -0.4 is 5.56 Å². The molecule has 0 unspecified atom stereocenters. The molecule has 0 saturated heterocycles. The highest BCUT2D eigenvalue weighted by molar-refractivity contribution is 5.90. The van der Waals surface area contributed by atoms with Crippen LogP contribution in [-0.4, -0.2) is 22.6 Å². The van der Waals surface area contributed by atoms with Crippen molar-refractivity contribution in [2.45, 2.75) is 6.54 Å². The Kier molecular flexibility index (Phi) is 4.13. The Bertz CT molecular complexity index is 751. The highest BCUT2D eigenvalue weighted by Crippen LogP contribution is 2.13. The zero-order chi connectivity index (χ0) is 15.4. The first-order valence-corrected chi connectivity index (χ1v) is 6.04. The zero-order valence-electron chi connectivity index (χ0n) is 11.2. The van der Waals surface area contributed by atoms with Crippen molar-refractivity contribution in [2.24, 2.45) is 0 Å². The second-order valence-electron chi connectivity index (χ2n) is 4.26. The van der Waals surface area contributed by atoms with E-state index in [1.54, 1.807) is 24.3 Å². The third-order valence-corrected chi connectivity index (χ3v) is 2.94. The van der Waals surface area contributed by atoms with E-state index >= 15 is 0 Å². The van der Waals surface area contributed by atoms with Crippen LogP contribution in [0, 0.1) is 10.1 Å². The second kappa shape index (κ2) is 6.00. The summed E-state index contributed by atoms with van der Waals surface area (Å²) < 4.78 is 5.85. The van der Waals surface area contributed by atoms with Crippen LogP contribution in [0.3, 0.4) is 0 Å². The molecule has 0 aliphatic heterocycles. The Labute approximate surface area is 119 Å². The lowest BCUT2D eigenvalue weighted by molar-refractivity contribution is -0.385. The fraction of sp³-hybridized carbons (Fsp3) is 0.143. The van der Waals surface area contributed by atoms with E-state index < -0.39 is 10.9 Å². The van der Waals surface area contributed by atoms with Gasteiger partial charge in [-0.15, -0.1) is 0 Å². The summed E-state index contributed by atoms with van der Waals surface area (Å²) in [5, 5.41) is 10.8. The van der Waals surface area contributed by atoms with Crippen molar-refractivity contribution in [3.05, 3.63) is 74.2 Å². The van der Waals surface area contributed by atoms with E-state index in [2.05, 4.69) is 4.74 Å². The van der Waals surface area contributed by atoms with Crippen LogP contribution in [0.5, 0.6) is 0 Å². The maximum atomic E-state index is 11.8. The number of ether oxygens (including phenoxy) is 1. The summed E-state index contributed by atoms with van der Waals surface area (Å²) in [4.78, 5) is 33.6. The number of hydrogen-bond acceptors (Lipinski definition) is 5. The van der Waals surface area contributed by atoms with Crippen molar-refractivity contribution in [2.75, 3.05) is 7.11 Å². The van der Waals surface area contributed by atoms with Crippen molar-refractivity contribution in [1.29, 1.82) is 0 Å². The molecule has 108 valence electrons. The highest BCUT2D eigenvalue weighted by Gasteiger charge is 2.13. The van der Waals surface area contributed by atoms with Crippen LogP contribution in [0.25, 0.3) is 0 Å². The van der Waals surface area contributed by atoms with Gasteiger partial charge in [-0.25, -0.2) is 4.79 Å². The molecule has 7 nitrogen and oxygen atoms in total. The molecule has 0 bridgehead atoms. The van der Waals surface area contributed by atoms with Crippen LogP contribution in [0.2, 0.25) is 0 Å². The van der Waals surface area contributed by atoms with E-state index in [4.69, 9.17) is 0 Å². The number of carbonyl (C=O) groups is 1. The maximum absolute atomic E-state index is 11.8. The van der Waals surface area contributed by atoms with Gasteiger partial charge < -0.3 is 9.30 Å². The zero-order valence-corrected chi connectivity index (χ0v) is 11.2. The molecule has 0 saturated carbocycles. The van der Waals surface area contributed by atoms with Crippen molar-refractivity contribution >= 4 is 11.7 Å². The molecular formula is C14H12N2O5. The minimum atomic E-state index is -0.581. The lowest BCUT2D eigenvalue weighted by Crippen LogP contribution is -2.20. The number of benzene rings is 1. The molecule has 0 atom stereocenters. The van der Waals surface area contributed by atoms with Crippen LogP contribution in [0.1, 0.15) is 15.9 Å². The van der Waals surface area contributed by atoms with Gasteiger partial charge in [-0.3, -0.25) is 14.9 Å². The fourth-order valence-corrected chi connectivity index (χ4v) is 1.90. The van der Waals surface area contributed by atoms with E-state index in [1.165, 1.54) is 11.7 Å². The van der Waals surface area contributed by atoms with E-state index in [9.17, 15) is 19.7 Å². The Balaban J connectivity index is 2.43. The molecule has 0 aliphatic rings. The first-order chi connectivity index (χ1) is 10.0. The van der Waals surface area contributed by atoms with E-state index in [1.807, 2.05) is 0 Å². The summed E-state index contributed by atoms with van der Waals surface area (Å²) in [6.07, 6.45) is 1.15. The van der Waals surface area contributed by atoms with Gasteiger partial charge >= 0.3 is 5.97 Å². The van der Waals surface area contributed by atoms with Crippen LogP contribution in [0.15, 0.2) is 47.4 Å². The first kappa shape index (κ1) is 14.4. The highest BCUT2D eigenvalue weighted by atomic mass is 16.6. The number of nitro groups is 1. The molecule has 0 N–H and O–H groups in total. The van der Waals surface area contributed by atoms with Crippen LogP contribution in [-0.2, 0) is 11.3 Å². The van der Waals surface area contributed by atoms with Gasteiger partial charge in [0.1, 0.15) is 0 Å². The Morgan fingerprint density at radius 1 is 1.29 bits per heavy atom. The molecule has 1 aromatic heterocycles. The van der Waals surface area contributed by atoms with E-state index in [-0.39, 0.29) is 17.8 Å². The lowest BCUT2D eigenvalue weighted by atomic mass is 10.1. The summed E-state index contributed by atoms with van der Waals surface area (Å²) in [6.45, 7) is 0.0474. The molecule has 0 fully saturated rings. The molecule has 2 aromatic rings. The maximum Gasteiger partial charge on any atom is 0.338 e. The van der Waals surface area contributed by atoms with E-state index in [0.29, 0.717) is 11.1 Å². The fourth-order valence-electron chi connectivity index (χ4n) is 1.90. The SMILES string of the molecule is COC(=O)c1ccccc1Cn1cc([N+](=O)[O-])ccc1=O. The monoisotopic (exact) mass is 288 g/mol. The third-order valence-electron chi connectivity index (χ3n) is 2.94. The quantitative estimate of drug-likeness (QED) is 0.484. The largest absolute Gasteiger partial charge is 0.465 e. The number of rotatable bonds is 4. The lowest BCUT2D eigenvalue weighted by Gasteiger charge is -2.09. The van der Waals surface area contributed by atoms with Gasteiger partial charge in [0.25, 0.3) is 11.2 Å². The number of pyridine rings is 1. The summed E-state index contributed by atoms with van der Waals surface area (Å²) in [6, 6.07) is 8.89. The standard InChI is InChI=1S/C14H12N2O5/c1-21-14(18)12-5-3-2-4-10(12)8-15-9-11(16(19)20)6-7-13(15)17/h2-7,9H,8H2,1H3. The Morgan fingerprint density at radius 2 is 2.00 bits per heavy atom. The van der Waals surface area contributed by atoms with E-state index in [0.717, 1.165) is 18.3 Å². The smallest absolute Gasteiger partial charge is 0.338 e. The van der Waals surface area contributed by atoms with Crippen LogP contribution >= 0.6 is 0 Å². The topological polar surface area (TPSA) is 91.4 Å². The summed E-state index contributed by atoms with van der Waals surface area (Å²) in [5.74, 6) is -0.524. The number of esters is 1. The molecular weight excluding hydrogens is 276 g/mol. The molecule has 0 aliphatic carbocycles. The van der Waals surface area contributed by atoms with Gasteiger partial charge in [-0.1, -0.05) is 18.2 Å². The van der Waals surface area contributed by atoms with Crippen molar-refractivity contribution in [3.63, 3.8) is 0 Å². The van der Waals surface area contributed by atoms with Gasteiger partial charge in [-0.05, 0) is 11.6 Å². The number of hydrogen-bond donors (Lipinski definition) is 0. The summed E-state index contributed by atoms with van der Waals surface area (Å²) in [7, 11) is 1.26. The molecule has 0 spiro atoms. The van der Waals surface area contributed by atoms with Gasteiger partial charge in [0.05, 0.1) is 30.3 Å². The molecule has 1 aromatic carbocycles. The Hall–Kier alpha value is -2.96. The predicted octanol–water partition coefficient (Wildman–Crippen LogP) is 1.59. The van der Waals surface area contributed by atoms with Crippen molar-refractivity contribution in [3.8, 4) is 0 Å². The molecule has 2 rings (SSSR count). The van der Waals surface area contributed by atoms with Gasteiger partial charge in [0, 0.05) is 12.1 Å². The Morgan fingerprint density at radius 3 is 2.67 bits per heavy atom. The molecule has 0 amide bonds. The minimum absolute atomic E-state index is 0.0474. The molecule has 1 heterocycles. The number of aromatic nitrogens is 1. The number of methoxy groups -OCH3 is 1.